The molecule has 1 amide bonds. The summed E-state index contributed by atoms with van der Waals surface area (Å²) in [6.45, 7) is 8.13. The molecule has 0 bridgehead atoms. The fourth-order valence-electron chi connectivity index (χ4n) is 4.47. The summed E-state index contributed by atoms with van der Waals surface area (Å²) in [4.78, 5) is 19.7. The van der Waals surface area contributed by atoms with E-state index in [0.717, 1.165) is 44.4 Å². The minimum atomic E-state index is -4.60. The number of carbonyl (C=O) groups excluding carboxylic acids is 1. The third kappa shape index (κ3) is 6.21. The number of ether oxygens (including phenoxy) is 2. The average molecular weight is 510 g/mol. The predicted molar refractivity (Wildman–Crippen MR) is 127 cm³/mol. The lowest BCUT2D eigenvalue weighted by Gasteiger charge is -2.20. The molecule has 2 aliphatic rings. The summed E-state index contributed by atoms with van der Waals surface area (Å²) in [5.41, 5.74) is -1.28. The molecule has 0 spiro atoms. The van der Waals surface area contributed by atoms with Gasteiger partial charge in [0, 0.05) is 24.1 Å². The fraction of sp³-hybridized carbons (Fsp3) is 0.615. The Hall–Kier alpha value is -2.59. The van der Waals surface area contributed by atoms with Crippen molar-refractivity contribution < 1.29 is 32.0 Å². The first-order valence-electron chi connectivity index (χ1n) is 12.4. The molecule has 10 heteroatoms. The summed E-state index contributed by atoms with van der Waals surface area (Å²) >= 11 is 0. The van der Waals surface area contributed by atoms with Crippen molar-refractivity contribution in [2.45, 2.75) is 76.7 Å². The summed E-state index contributed by atoms with van der Waals surface area (Å²) in [5.74, 6) is -0.127. The number of nitrogens with zero attached hydrogens (tertiary/aromatic N) is 3. The Morgan fingerprint density at radius 1 is 1.17 bits per heavy atom. The number of rotatable bonds is 6. The van der Waals surface area contributed by atoms with Gasteiger partial charge in [-0.3, -0.25) is 4.79 Å². The molecule has 7 nitrogen and oxygen atoms in total. The van der Waals surface area contributed by atoms with Gasteiger partial charge in [-0.1, -0.05) is 20.8 Å². The van der Waals surface area contributed by atoms with Gasteiger partial charge in [-0.25, -0.2) is 0 Å². The topological polar surface area (TPSA) is 69.2 Å². The monoisotopic (exact) mass is 509 g/mol. The highest BCUT2D eigenvalue weighted by atomic mass is 19.4. The second kappa shape index (κ2) is 10.4. The van der Waals surface area contributed by atoms with Gasteiger partial charge in [-0.2, -0.15) is 22.9 Å². The molecule has 4 rings (SSSR count). The molecule has 0 aliphatic carbocycles. The average Bonchev–Trinajstić information content (AvgIpc) is 3.54. The largest absolute Gasteiger partial charge is 0.491 e. The third-order valence-electron chi connectivity index (χ3n) is 6.71. The number of hydrogen-bond donors (Lipinski definition) is 0. The number of hydrogen-bond acceptors (Lipinski definition) is 5. The lowest BCUT2D eigenvalue weighted by Crippen LogP contribution is -2.31. The summed E-state index contributed by atoms with van der Waals surface area (Å²) < 4.78 is 59.5. The van der Waals surface area contributed by atoms with Gasteiger partial charge in [0.25, 0.3) is 5.91 Å². The van der Waals surface area contributed by atoms with E-state index in [2.05, 4.69) is 9.89 Å². The van der Waals surface area contributed by atoms with Gasteiger partial charge < -0.3 is 18.9 Å². The van der Waals surface area contributed by atoms with Gasteiger partial charge in [-0.15, -0.1) is 0 Å². The van der Waals surface area contributed by atoms with Crippen LogP contribution in [0.3, 0.4) is 0 Å². The number of likely N-dealkylation sites (tertiary alicyclic amines) is 1. The van der Waals surface area contributed by atoms with Crippen molar-refractivity contribution in [2.75, 3.05) is 26.8 Å². The first kappa shape index (κ1) is 26.5. The maximum absolute atomic E-state index is 13.5. The molecule has 0 N–H and O–H groups in total. The molecule has 0 unspecified atom stereocenters. The maximum Gasteiger partial charge on any atom is 0.416 e. The van der Waals surface area contributed by atoms with Crippen LogP contribution in [0.5, 0.6) is 5.75 Å². The van der Waals surface area contributed by atoms with Crippen LogP contribution in [0.15, 0.2) is 33.8 Å². The van der Waals surface area contributed by atoms with E-state index < -0.39 is 17.6 Å². The second-order valence-corrected chi connectivity index (χ2v) is 10.6. The molecule has 0 radical (unpaired) electrons. The van der Waals surface area contributed by atoms with Gasteiger partial charge in [0.15, 0.2) is 5.49 Å². The third-order valence-corrected chi connectivity index (χ3v) is 6.71. The Morgan fingerprint density at radius 2 is 1.94 bits per heavy atom. The Balaban J connectivity index is 1.69. The Kier molecular flexibility index (Phi) is 7.66. The van der Waals surface area contributed by atoms with Crippen LogP contribution in [0.1, 0.15) is 68.1 Å². The van der Waals surface area contributed by atoms with Crippen molar-refractivity contribution >= 4 is 5.91 Å². The Labute approximate surface area is 208 Å². The zero-order chi connectivity index (χ0) is 26.1. The number of alkyl halides is 3. The highest BCUT2D eigenvalue weighted by Gasteiger charge is 2.33. The molecular formula is C26H34F3N3O4. The summed E-state index contributed by atoms with van der Waals surface area (Å²) in [7, 11) is 1.98. The number of amides is 1. The fourth-order valence-corrected chi connectivity index (χ4v) is 4.47. The molecule has 2 atom stereocenters. The number of carbonyl (C=O) groups is 1. The van der Waals surface area contributed by atoms with E-state index >= 15 is 0 Å². The van der Waals surface area contributed by atoms with Crippen molar-refractivity contribution in [1.29, 1.82) is 0 Å². The van der Waals surface area contributed by atoms with Crippen LogP contribution >= 0.6 is 0 Å². The van der Waals surface area contributed by atoms with E-state index in [4.69, 9.17) is 14.0 Å². The Morgan fingerprint density at radius 3 is 2.56 bits per heavy atom. The number of aromatic nitrogens is 1. The summed E-state index contributed by atoms with van der Waals surface area (Å²) in [5, 5.41) is 0. The molecule has 0 saturated carbocycles. The molecule has 1 aromatic carbocycles. The minimum absolute atomic E-state index is 0.0751. The van der Waals surface area contributed by atoms with Crippen molar-refractivity contribution in [3.05, 3.63) is 46.6 Å². The van der Waals surface area contributed by atoms with Gasteiger partial charge in [0.2, 0.25) is 0 Å². The van der Waals surface area contributed by atoms with E-state index in [-0.39, 0.29) is 41.0 Å². The number of benzene rings is 1. The van der Waals surface area contributed by atoms with Crippen LogP contribution in [0.2, 0.25) is 0 Å². The quantitative estimate of drug-likeness (QED) is 0.560. The summed E-state index contributed by atoms with van der Waals surface area (Å²) in [6, 6.07) is 4.75. The van der Waals surface area contributed by atoms with Gasteiger partial charge in [0.05, 0.1) is 23.8 Å². The molecular weight excluding hydrogens is 475 g/mol. The lowest BCUT2D eigenvalue weighted by molar-refractivity contribution is -0.137. The number of halogens is 3. The molecule has 3 heterocycles. The highest BCUT2D eigenvalue weighted by Crippen LogP contribution is 2.33. The van der Waals surface area contributed by atoms with Crippen molar-refractivity contribution in [3.8, 4) is 5.75 Å². The van der Waals surface area contributed by atoms with Gasteiger partial charge >= 0.3 is 6.18 Å². The molecule has 198 valence electrons. The molecule has 1 aromatic heterocycles. The van der Waals surface area contributed by atoms with Crippen molar-refractivity contribution in [1.82, 2.24) is 9.64 Å². The van der Waals surface area contributed by atoms with Crippen LogP contribution in [0.4, 0.5) is 13.2 Å². The second-order valence-electron chi connectivity index (χ2n) is 10.6. The van der Waals surface area contributed by atoms with E-state index in [9.17, 15) is 18.0 Å². The Bertz CT molecular complexity index is 1140. The standard InChI is InChI=1S/C26H34F3N3O4/c1-25(2,3)22-14-23(32(36-22)15-19-8-6-12-34-19)30-24(33)20-13-17(26(27,28)29)9-10-21(20)35-16-18-7-5-11-31(18)4/h9-10,13-14,18-19H,5-8,11-12,15-16H2,1-4H3/t18-,19+/m0/s1. The van der Waals surface area contributed by atoms with E-state index in [1.165, 1.54) is 10.8 Å². The molecule has 2 aromatic rings. The van der Waals surface area contributed by atoms with Gasteiger partial charge in [0.1, 0.15) is 18.1 Å². The van der Waals surface area contributed by atoms with E-state index in [1.54, 1.807) is 6.07 Å². The molecule has 36 heavy (non-hydrogen) atoms. The van der Waals surface area contributed by atoms with E-state index in [1.807, 2.05) is 27.8 Å². The lowest BCUT2D eigenvalue weighted by atomic mass is 9.94. The first-order valence-corrected chi connectivity index (χ1v) is 12.4. The predicted octanol–water partition coefficient (Wildman–Crippen LogP) is 4.79. The highest BCUT2D eigenvalue weighted by molar-refractivity contribution is 5.97. The molecule has 2 saturated heterocycles. The normalized spacial score (nSPS) is 21.9. The van der Waals surface area contributed by atoms with Crippen LogP contribution in [-0.4, -0.2) is 54.5 Å². The number of likely N-dealkylation sites (N-methyl/N-ethyl adjacent to an activating group) is 1. The SMILES string of the molecule is CN1CCC[C@H]1COc1ccc(C(F)(F)F)cc1C(=O)N=c1cc(C(C)(C)C)on1C[C@H]1CCCO1. The smallest absolute Gasteiger partial charge is 0.416 e. The van der Waals surface area contributed by atoms with E-state index in [0.29, 0.717) is 18.9 Å². The van der Waals surface area contributed by atoms with Crippen LogP contribution in [0.25, 0.3) is 0 Å². The van der Waals surface area contributed by atoms with Crippen LogP contribution < -0.4 is 10.2 Å². The molecule has 2 aliphatic heterocycles. The zero-order valence-corrected chi connectivity index (χ0v) is 21.2. The van der Waals surface area contributed by atoms with Crippen LogP contribution in [-0.2, 0) is 22.9 Å². The zero-order valence-electron chi connectivity index (χ0n) is 21.2. The molecule has 2 fully saturated rings. The first-order chi connectivity index (χ1) is 16.9. The summed E-state index contributed by atoms with van der Waals surface area (Å²) in [6.07, 6.45) is -0.932. The van der Waals surface area contributed by atoms with Gasteiger partial charge in [-0.05, 0) is 57.5 Å². The van der Waals surface area contributed by atoms with Crippen LogP contribution in [0, 0.1) is 0 Å². The van der Waals surface area contributed by atoms with Crippen molar-refractivity contribution in [2.24, 2.45) is 4.99 Å². The van der Waals surface area contributed by atoms with Crippen molar-refractivity contribution in [3.63, 3.8) is 0 Å². The maximum atomic E-state index is 13.5. The minimum Gasteiger partial charge on any atom is -0.491 e.